The van der Waals surface area contributed by atoms with Crippen LogP contribution >= 0.6 is 11.6 Å². The number of hydrogen-bond acceptors (Lipinski definition) is 3. The highest BCUT2D eigenvalue weighted by molar-refractivity contribution is 6.30. The van der Waals surface area contributed by atoms with Gasteiger partial charge in [-0.3, -0.25) is 0 Å². The van der Waals surface area contributed by atoms with Crippen molar-refractivity contribution in [2.75, 3.05) is 5.32 Å². The lowest BCUT2D eigenvalue weighted by atomic mass is 9.94. The highest BCUT2D eigenvalue weighted by Crippen LogP contribution is 2.34. The number of aromatic nitrogens is 1. The largest absolute Gasteiger partial charge is 0.439 e. The third-order valence-corrected chi connectivity index (χ3v) is 3.57. The highest BCUT2D eigenvalue weighted by Gasteiger charge is 2.23. The maximum Gasteiger partial charge on any atom is 0.219 e. The molecule has 0 spiro atoms. The van der Waals surface area contributed by atoms with E-state index in [0.717, 1.165) is 22.7 Å². The Morgan fingerprint density at radius 3 is 2.52 bits per heavy atom. The van der Waals surface area contributed by atoms with Crippen molar-refractivity contribution >= 4 is 22.9 Å². The number of allylic oxidation sites excluding steroid dienone is 1. The fourth-order valence-corrected chi connectivity index (χ4v) is 2.64. The van der Waals surface area contributed by atoms with Crippen molar-refractivity contribution in [3.8, 4) is 11.6 Å². The van der Waals surface area contributed by atoms with Crippen LogP contribution in [0.25, 0.3) is 5.57 Å². The molecule has 2 aromatic rings. The van der Waals surface area contributed by atoms with Crippen LogP contribution in [0, 0.1) is 0 Å². The maximum atomic E-state index is 5.87. The van der Waals surface area contributed by atoms with Crippen molar-refractivity contribution in [1.82, 2.24) is 4.98 Å². The second kappa shape index (κ2) is 5.08. The van der Waals surface area contributed by atoms with Gasteiger partial charge in [-0.25, -0.2) is 4.98 Å². The predicted octanol–water partition coefficient (Wildman–Crippen LogP) is 5.13. The number of pyridine rings is 1. The third kappa shape index (κ3) is 3.03. The minimum absolute atomic E-state index is 0.0582. The second-order valence-corrected chi connectivity index (χ2v) is 6.21. The van der Waals surface area contributed by atoms with Crippen LogP contribution in [-0.2, 0) is 0 Å². The first-order valence-electron chi connectivity index (χ1n) is 6.85. The topological polar surface area (TPSA) is 34.1 Å². The van der Waals surface area contributed by atoms with Crippen LogP contribution < -0.4 is 10.1 Å². The van der Waals surface area contributed by atoms with Gasteiger partial charge in [-0.2, -0.15) is 0 Å². The van der Waals surface area contributed by atoms with Gasteiger partial charge >= 0.3 is 0 Å². The molecule has 0 unspecified atom stereocenters. The predicted molar refractivity (Wildman–Crippen MR) is 87.1 cm³/mol. The number of anilines is 1. The third-order valence-electron chi connectivity index (χ3n) is 3.31. The van der Waals surface area contributed by atoms with Crippen molar-refractivity contribution in [2.24, 2.45) is 0 Å². The molecule has 0 fully saturated rings. The van der Waals surface area contributed by atoms with Crippen LogP contribution in [0.2, 0.25) is 5.02 Å². The standard InChI is InChI=1S/C17H17ClN2O/c1-11-10-17(2,3)20-14-8-9-15(19-16(11)14)21-13-6-4-12(18)5-7-13/h4-10,20H,1-3H3. The van der Waals surface area contributed by atoms with Crippen LogP contribution in [0.4, 0.5) is 5.69 Å². The molecule has 0 radical (unpaired) electrons. The van der Waals surface area contributed by atoms with Crippen molar-refractivity contribution < 1.29 is 4.74 Å². The molecule has 3 nitrogen and oxygen atoms in total. The van der Waals surface area contributed by atoms with Crippen LogP contribution in [0.15, 0.2) is 42.5 Å². The average Bonchev–Trinajstić information content (AvgIpc) is 2.41. The number of fused-ring (bicyclic) bond motifs is 1. The van der Waals surface area contributed by atoms with E-state index in [9.17, 15) is 0 Å². The van der Waals surface area contributed by atoms with E-state index in [1.54, 1.807) is 12.1 Å². The molecular formula is C17H17ClN2O. The highest BCUT2D eigenvalue weighted by atomic mass is 35.5. The molecule has 0 saturated carbocycles. The van der Waals surface area contributed by atoms with Gasteiger partial charge in [-0.1, -0.05) is 17.7 Å². The Balaban J connectivity index is 1.90. The lowest BCUT2D eigenvalue weighted by Crippen LogP contribution is -2.31. The van der Waals surface area contributed by atoms with E-state index in [4.69, 9.17) is 16.3 Å². The van der Waals surface area contributed by atoms with Gasteiger partial charge in [0.05, 0.1) is 16.9 Å². The zero-order valence-corrected chi connectivity index (χ0v) is 13.0. The van der Waals surface area contributed by atoms with Crippen molar-refractivity contribution in [1.29, 1.82) is 0 Å². The Hall–Kier alpha value is -2.00. The average molecular weight is 301 g/mol. The van der Waals surface area contributed by atoms with Crippen LogP contribution in [-0.4, -0.2) is 10.5 Å². The minimum atomic E-state index is -0.0582. The first kappa shape index (κ1) is 14.0. The van der Waals surface area contributed by atoms with E-state index in [0.29, 0.717) is 10.9 Å². The number of nitrogens with one attached hydrogen (secondary N) is 1. The lowest BCUT2D eigenvalue weighted by molar-refractivity contribution is 0.462. The monoisotopic (exact) mass is 300 g/mol. The Labute approximate surface area is 129 Å². The van der Waals surface area contributed by atoms with E-state index in [1.165, 1.54) is 0 Å². The summed E-state index contributed by atoms with van der Waals surface area (Å²) in [5, 5.41) is 4.14. The van der Waals surface area contributed by atoms with Gasteiger partial charge in [0.1, 0.15) is 5.75 Å². The number of rotatable bonds is 2. The summed E-state index contributed by atoms with van der Waals surface area (Å²) in [5.41, 5.74) is 3.05. The van der Waals surface area contributed by atoms with E-state index in [-0.39, 0.29) is 5.54 Å². The van der Waals surface area contributed by atoms with Gasteiger partial charge in [0, 0.05) is 11.1 Å². The maximum absolute atomic E-state index is 5.87. The van der Waals surface area contributed by atoms with E-state index in [1.807, 2.05) is 24.3 Å². The minimum Gasteiger partial charge on any atom is -0.439 e. The molecule has 0 atom stereocenters. The molecule has 1 aromatic carbocycles. The molecule has 108 valence electrons. The molecule has 0 amide bonds. The van der Waals surface area contributed by atoms with Crippen LogP contribution in [0.3, 0.4) is 0 Å². The number of hydrogen-bond donors (Lipinski definition) is 1. The first-order valence-corrected chi connectivity index (χ1v) is 7.23. The summed E-state index contributed by atoms with van der Waals surface area (Å²) >= 11 is 5.87. The summed E-state index contributed by atoms with van der Waals surface area (Å²) in [6.07, 6.45) is 2.18. The number of halogens is 1. The summed E-state index contributed by atoms with van der Waals surface area (Å²) in [6.45, 7) is 6.34. The molecule has 1 aliphatic rings. The molecule has 4 heteroatoms. The van der Waals surface area contributed by atoms with Gasteiger partial charge in [-0.15, -0.1) is 0 Å². The smallest absolute Gasteiger partial charge is 0.219 e. The fourth-order valence-electron chi connectivity index (χ4n) is 2.52. The Morgan fingerprint density at radius 1 is 1.10 bits per heavy atom. The zero-order chi connectivity index (χ0) is 15.0. The molecule has 0 bridgehead atoms. The van der Waals surface area contributed by atoms with E-state index >= 15 is 0 Å². The van der Waals surface area contributed by atoms with Crippen molar-refractivity contribution in [2.45, 2.75) is 26.3 Å². The Kier molecular flexibility index (Phi) is 3.38. The van der Waals surface area contributed by atoms with Gasteiger partial charge in [-0.05, 0) is 56.7 Å². The molecule has 0 saturated heterocycles. The zero-order valence-electron chi connectivity index (χ0n) is 12.3. The number of benzene rings is 1. The van der Waals surface area contributed by atoms with Crippen LogP contribution in [0.5, 0.6) is 11.6 Å². The van der Waals surface area contributed by atoms with E-state index < -0.39 is 0 Å². The SMILES string of the molecule is CC1=CC(C)(C)Nc2ccc(Oc3ccc(Cl)cc3)nc21. The van der Waals surface area contributed by atoms with E-state index in [2.05, 4.69) is 37.1 Å². The van der Waals surface area contributed by atoms with Gasteiger partial charge in [0.2, 0.25) is 5.88 Å². The molecule has 3 rings (SSSR count). The van der Waals surface area contributed by atoms with Crippen LogP contribution in [0.1, 0.15) is 26.5 Å². The number of ether oxygens (including phenoxy) is 1. The summed E-state index contributed by atoms with van der Waals surface area (Å²) in [6, 6.07) is 11.1. The summed E-state index contributed by atoms with van der Waals surface area (Å²) in [5.74, 6) is 1.29. The molecule has 0 aliphatic carbocycles. The normalized spacial score (nSPS) is 15.7. The molecule has 2 heterocycles. The summed E-state index contributed by atoms with van der Waals surface area (Å²) in [7, 11) is 0. The van der Waals surface area contributed by atoms with Gasteiger partial charge in [0.25, 0.3) is 0 Å². The second-order valence-electron chi connectivity index (χ2n) is 5.78. The Bertz CT molecular complexity index is 705. The first-order chi connectivity index (χ1) is 9.93. The quantitative estimate of drug-likeness (QED) is 0.834. The van der Waals surface area contributed by atoms with Gasteiger partial charge in [0.15, 0.2) is 0 Å². The molecule has 1 aliphatic heterocycles. The molecule has 21 heavy (non-hydrogen) atoms. The number of nitrogens with zero attached hydrogens (tertiary/aromatic N) is 1. The molecule has 1 N–H and O–H groups in total. The molecular weight excluding hydrogens is 284 g/mol. The fraction of sp³-hybridized carbons (Fsp3) is 0.235. The van der Waals surface area contributed by atoms with Crippen molar-refractivity contribution in [3.63, 3.8) is 0 Å². The molecule has 1 aromatic heterocycles. The summed E-state index contributed by atoms with van der Waals surface area (Å²) in [4.78, 5) is 4.59. The van der Waals surface area contributed by atoms with Gasteiger partial charge < -0.3 is 10.1 Å². The Morgan fingerprint density at radius 2 is 1.81 bits per heavy atom. The van der Waals surface area contributed by atoms with Crippen molar-refractivity contribution in [3.05, 3.63) is 53.2 Å². The summed E-state index contributed by atoms with van der Waals surface area (Å²) < 4.78 is 5.77. The lowest BCUT2D eigenvalue weighted by Gasteiger charge is -2.30.